The lowest BCUT2D eigenvalue weighted by atomic mass is 10.0. The smallest absolute Gasteiger partial charge is 0.494 e. The van der Waals surface area contributed by atoms with Gasteiger partial charge in [-0.1, -0.05) is 90.5 Å². The Morgan fingerprint density at radius 1 is 0.303 bits per heavy atom. The number of H-pyrrole nitrogens is 6. The molecule has 0 aliphatic carbocycles. The molecule has 0 aliphatic rings. The Balaban J connectivity index is 0.000000110. The van der Waals surface area contributed by atoms with Gasteiger partial charge in [0, 0.05) is 140 Å². The van der Waals surface area contributed by atoms with Crippen LogP contribution in [0, 0.1) is 74.9 Å². The van der Waals surface area contributed by atoms with E-state index in [2.05, 4.69) is 187 Å². The Morgan fingerprint density at radius 2 is 0.586 bits per heavy atom. The minimum Gasteiger partial charge on any atom is -0.494 e. The summed E-state index contributed by atoms with van der Waals surface area (Å²) < 4.78 is 89.6. The molecule has 145 heavy (non-hydrogen) atoms. The third kappa shape index (κ3) is 20.3. The number of hydrogen-bond acceptors (Lipinski definition) is 22. The molecule has 6 aromatic carbocycles. The van der Waals surface area contributed by atoms with E-state index in [1.54, 1.807) is 104 Å². The van der Waals surface area contributed by atoms with Gasteiger partial charge in [-0.05, 0) is 199 Å². The Labute approximate surface area is 826 Å². The van der Waals surface area contributed by atoms with Gasteiger partial charge in [0.2, 0.25) is 0 Å². The summed E-state index contributed by atoms with van der Waals surface area (Å²) >= 11 is 8.02. The van der Waals surface area contributed by atoms with Crippen LogP contribution < -0.4 is 14.2 Å². The molecule has 0 aliphatic heterocycles. The molecule has 0 amide bonds. The second-order valence-electron chi connectivity index (χ2n) is 32.6. The zero-order chi connectivity index (χ0) is 101. The van der Waals surface area contributed by atoms with Crippen molar-refractivity contribution in [2.24, 2.45) is 0 Å². The normalized spacial score (nSPS) is 11.2. The highest BCUT2D eigenvalue weighted by atomic mass is 35.5. The first-order valence-electron chi connectivity index (χ1n) is 44.4. The SMILES string of the molecule is CCOc1ccc(-c2cnc3[nH]c4cnc(C#N)cc4c3c2)cc1.CCOc1ccc(-c2cnc3[nH]c4cnc(C#N)cc4c3c2)cc1Cl.CSc1ccc(-c2cnc3[nH]c4cnc(C#N)cc4c3c2)cc1.Cc1ccccc1-c1cnc2[nH]c3cnc(C#N)cc3c2c1.N#Cc1cc2c(cn1)[nH]c1ncc(-c3ccc(C(F)(F)F)cc3)cc12.N#Cc1cc2c(cn1)[nH]c1ncc(-c3ccc(OC(F)(F)F)cc3)cc12. The number of thioether (sulfide) groups is 1. The number of pyridine rings is 12. The summed E-state index contributed by atoms with van der Waals surface area (Å²) in [6, 6.07) is 75.6. The third-order valence-electron chi connectivity index (χ3n) is 23.6. The fraction of sp³-hybridized carbons (Fsp3) is 0.0727. The molecule has 18 aromatic heterocycles. The molecule has 0 unspecified atom stereocenters. The van der Waals surface area contributed by atoms with E-state index in [9.17, 15) is 26.3 Å². The minimum atomic E-state index is -4.72. The summed E-state index contributed by atoms with van der Waals surface area (Å²) in [6.45, 7) is 7.19. The average molecular weight is 1960 g/mol. The first kappa shape index (κ1) is 94.4. The van der Waals surface area contributed by atoms with Crippen LogP contribution in [0.3, 0.4) is 0 Å². The van der Waals surface area contributed by atoms with Crippen LogP contribution in [0.15, 0.2) is 292 Å². The van der Waals surface area contributed by atoms with Crippen molar-refractivity contribution in [3.63, 3.8) is 0 Å². The number of nitrogens with one attached hydrogen (secondary N) is 6. The van der Waals surface area contributed by atoms with Crippen molar-refractivity contribution in [3.05, 3.63) is 337 Å². The van der Waals surface area contributed by atoms with Crippen molar-refractivity contribution in [3.8, 4) is 120 Å². The van der Waals surface area contributed by atoms with Crippen LogP contribution in [-0.4, -0.2) is 116 Å². The lowest BCUT2D eigenvalue weighted by Crippen LogP contribution is -2.16. The van der Waals surface area contributed by atoms with E-state index in [1.807, 2.05) is 117 Å². The van der Waals surface area contributed by atoms with Gasteiger partial charge in [-0.25, -0.2) is 59.8 Å². The van der Waals surface area contributed by atoms with Crippen molar-refractivity contribution < 1.29 is 40.6 Å². The van der Waals surface area contributed by atoms with Gasteiger partial charge in [-0.2, -0.15) is 44.7 Å². The molecule has 0 bridgehead atoms. The maximum atomic E-state index is 12.7. The number of aryl methyl sites for hydroxylation is 1. The quantitative estimate of drug-likeness (QED) is 0.0489. The molecule has 0 saturated heterocycles. The fourth-order valence-electron chi connectivity index (χ4n) is 16.6. The number of hydrogen-bond donors (Lipinski definition) is 6. The summed E-state index contributed by atoms with van der Waals surface area (Å²) in [4.78, 5) is 71.5. The first-order chi connectivity index (χ1) is 70.4. The summed E-state index contributed by atoms with van der Waals surface area (Å²) in [7, 11) is 0. The van der Waals surface area contributed by atoms with Crippen LogP contribution in [0.2, 0.25) is 5.02 Å². The predicted molar refractivity (Wildman–Crippen MR) is 545 cm³/mol. The van der Waals surface area contributed by atoms with E-state index < -0.39 is 18.1 Å². The van der Waals surface area contributed by atoms with Gasteiger partial charge >= 0.3 is 12.5 Å². The van der Waals surface area contributed by atoms with Gasteiger partial charge in [0.05, 0.1) is 94.1 Å². The molecule has 0 spiro atoms. The molecule has 18 heterocycles. The van der Waals surface area contributed by atoms with E-state index in [-0.39, 0.29) is 17.1 Å². The van der Waals surface area contributed by atoms with Crippen molar-refractivity contribution >= 4 is 155 Å². The highest BCUT2D eigenvalue weighted by Gasteiger charge is 2.32. The predicted octanol–water partition coefficient (Wildman–Crippen LogP) is 26.3. The second kappa shape index (κ2) is 40.5. The van der Waals surface area contributed by atoms with Crippen LogP contribution in [0.5, 0.6) is 17.2 Å². The van der Waals surface area contributed by atoms with Gasteiger partial charge in [0.25, 0.3) is 0 Å². The van der Waals surface area contributed by atoms with Crippen LogP contribution in [0.4, 0.5) is 26.3 Å². The minimum absolute atomic E-state index is 0.285. The van der Waals surface area contributed by atoms with E-state index in [0.29, 0.717) is 74.7 Å². The number of alkyl halides is 6. The molecule has 35 heteroatoms. The topological polar surface area (TPSA) is 420 Å². The van der Waals surface area contributed by atoms with E-state index in [1.165, 1.54) is 52.4 Å². The lowest BCUT2D eigenvalue weighted by Gasteiger charge is -2.09. The maximum absolute atomic E-state index is 12.7. The van der Waals surface area contributed by atoms with E-state index in [4.69, 9.17) is 52.6 Å². The van der Waals surface area contributed by atoms with Gasteiger partial charge in [-0.3, -0.25) is 0 Å². The summed E-state index contributed by atoms with van der Waals surface area (Å²) in [5.74, 6) is 1.23. The standard InChI is InChI=1S/C19H13ClN4O.C19H14N4O.C18H9F3N4O.C18H9F3N4.C18H12N4S.C18H12N4/c1-2-25-18-4-3-11(6-16(18)20)12-5-15-14-7-13(8-21)22-10-17(14)24-19(15)23-9-12;1-2-24-15-5-3-12(4-6-15)13-7-17-16-8-14(9-20)21-11-18(16)23-19(17)22-10-13;19-18(20,21)26-13-3-1-10(2-4-13)11-5-15-14-6-12(7-22)23-9-16(14)25-17(15)24-8-11;19-18(20,21)12-3-1-10(2-4-12)11-5-15-14-6-13(7-22)23-9-16(14)25-17(15)24-8-11;1-23-14-4-2-11(3-5-14)12-6-16-15-7-13(8-19)20-10-17(15)22-18(16)21-9-12;1-11-4-2-3-5-14(11)12-6-16-15-7-13(8-19)20-10-17(15)22-18(16)21-9-12/h3-7,9-10H,2H2,1H3,(H,23,24);3-8,10-11H,2H2,1H3,(H,22,23);1-6,8-9H,(H,24,25);1-6,8-9H,(H,24,25);2-7,9-10H,1H3,(H,21,22);2-7,9-10H,1H3,(H,21,22). The van der Waals surface area contributed by atoms with Crippen LogP contribution in [-0.2, 0) is 6.18 Å². The van der Waals surface area contributed by atoms with Gasteiger partial charge < -0.3 is 44.1 Å². The van der Waals surface area contributed by atoms with Crippen molar-refractivity contribution in [1.29, 1.82) is 31.6 Å². The first-order valence-corrected chi connectivity index (χ1v) is 46.0. The molecule has 0 saturated carbocycles. The Kier molecular flexibility index (Phi) is 26.4. The molecule has 27 nitrogen and oxygen atoms in total. The number of rotatable bonds is 12. The third-order valence-corrected chi connectivity index (χ3v) is 24.6. The van der Waals surface area contributed by atoms with E-state index >= 15 is 0 Å². The highest BCUT2D eigenvalue weighted by Crippen LogP contribution is 2.40. The lowest BCUT2D eigenvalue weighted by molar-refractivity contribution is -0.274. The molecular weight excluding hydrogens is 1890 g/mol. The van der Waals surface area contributed by atoms with Gasteiger partial charge in [-0.15, -0.1) is 24.9 Å². The number of nitriles is 6. The fourth-order valence-corrected chi connectivity index (χ4v) is 17.2. The molecule has 0 radical (unpaired) electrons. The average Bonchev–Trinajstić information content (AvgIpc) is 1.65. The zero-order valence-corrected chi connectivity index (χ0v) is 78.0. The molecule has 0 atom stereocenters. The summed E-state index contributed by atoms with van der Waals surface area (Å²) in [6.07, 6.45) is 13.4. The zero-order valence-electron chi connectivity index (χ0n) is 76.4. The summed E-state index contributed by atoms with van der Waals surface area (Å²) in [5.41, 5.74) is 23.3. The molecule has 24 rings (SSSR count). The number of aromatic nitrogens is 18. The number of benzene rings is 6. The number of halogens is 7. The summed E-state index contributed by atoms with van der Waals surface area (Å²) in [5, 5.41) is 65.7. The number of aromatic amines is 6. The monoisotopic (exact) mass is 1950 g/mol. The van der Waals surface area contributed by atoms with Crippen molar-refractivity contribution in [2.75, 3.05) is 19.5 Å². The Bertz CT molecular complexity index is 9440. The van der Waals surface area contributed by atoms with Crippen molar-refractivity contribution in [1.82, 2.24) is 89.7 Å². The van der Waals surface area contributed by atoms with Gasteiger partial charge in [0.15, 0.2) is 0 Å². The molecule has 702 valence electrons. The Morgan fingerprint density at radius 3 is 0.876 bits per heavy atom. The Hall–Kier alpha value is -19.5. The number of fused-ring (bicyclic) bond motifs is 18. The van der Waals surface area contributed by atoms with Crippen LogP contribution >= 0.6 is 23.4 Å². The number of ether oxygens (including phenoxy) is 3. The number of nitrogens with zero attached hydrogens (tertiary/aromatic N) is 18. The molecule has 24 aromatic rings. The molecular formula is C110H69ClF6N24O3S. The van der Waals surface area contributed by atoms with Crippen LogP contribution in [0.1, 0.15) is 59.1 Å². The molecule has 0 fully saturated rings. The second-order valence-corrected chi connectivity index (χ2v) is 33.8. The van der Waals surface area contributed by atoms with Crippen LogP contribution in [0.25, 0.3) is 198 Å². The van der Waals surface area contributed by atoms with Crippen molar-refractivity contribution in [2.45, 2.75) is 38.2 Å². The van der Waals surface area contributed by atoms with E-state index in [0.717, 1.165) is 183 Å². The largest absolute Gasteiger partial charge is 0.573 e. The van der Waals surface area contributed by atoms with Gasteiger partial charge in [0.1, 0.15) is 122 Å². The highest BCUT2D eigenvalue weighted by molar-refractivity contribution is 7.98. The maximum Gasteiger partial charge on any atom is 0.573 e. The molecule has 6 N–H and O–H groups in total.